The first-order valence-corrected chi connectivity index (χ1v) is 8.81. The summed E-state index contributed by atoms with van der Waals surface area (Å²) in [5.74, 6) is -1.12. The molecule has 1 heterocycles. The molecule has 2 aromatic rings. The summed E-state index contributed by atoms with van der Waals surface area (Å²) < 4.78 is 49.7. The molecule has 1 aromatic heterocycles. The van der Waals surface area contributed by atoms with Crippen molar-refractivity contribution in [1.82, 2.24) is 15.3 Å². The summed E-state index contributed by atoms with van der Waals surface area (Å²) in [7, 11) is 0. The number of carbonyl (C=O) groups is 1. The van der Waals surface area contributed by atoms with E-state index in [-0.39, 0.29) is 18.3 Å². The highest BCUT2D eigenvalue weighted by atomic mass is 19.4. The second-order valence-electron chi connectivity index (χ2n) is 6.44. The number of hydrogen-bond acceptors (Lipinski definition) is 5. The number of amides is 1. The molecule has 10 heteroatoms. The quantitative estimate of drug-likeness (QED) is 0.468. The molecule has 28 heavy (non-hydrogen) atoms. The third kappa shape index (κ3) is 5.54. The minimum absolute atomic E-state index is 0.108. The van der Waals surface area contributed by atoms with Crippen LogP contribution in [0.1, 0.15) is 30.7 Å². The first-order valence-electron chi connectivity index (χ1n) is 8.81. The third-order valence-corrected chi connectivity index (χ3v) is 4.10. The van der Waals surface area contributed by atoms with E-state index in [1.165, 1.54) is 12.1 Å². The van der Waals surface area contributed by atoms with Crippen LogP contribution in [0.15, 0.2) is 30.5 Å². The molecule has 0 bridgehead atoms. The lowest BCUT2D eigenvalue weighted by molar-refractivity contribution is -0.173. The third-order valence-electron chi connectivity index (χ3n) is 4.10. The molecule has 0 saturated heterocycles. The summed E-state index contributed by atoms with van der Waals surface area (Å²) in [5, 5.41) is 7.83. The van der Waals surface area contributed by atoms with Gasteiger partial charge in [-0.05, 0) is 43.4 Å². The van der Waals surface area contributed by atoms with Gasteiger partial charge in [-0.2, -0.15) is 18.2 Å². The number of nitrogens with zero attached hydrogens (tertiary/aromatic N) is 2. The molecule has 150 valence electrons. The van der Waals surface area contributed by atoms with Crippen molar-refractivity contribution in [2.24, 2.45) is 0 Å². The Morgan fingerprint density at radius 2 is 2.00 bits per heavy atom. The van der Waals surface area contributed by atoms with Crippen LogP contribution in [-0.2, 0) is 4.79 Å². The molecule has 0 unspecified atom stereocenters. The highest BCUT2D eigenvalue weighted by Gasteiger charge is 2.38. The molecule has 3 rings (SSSR count). The highest BCUT2D eigenvalue weighted by Crippen LogP contribution is 2.42. The fourth-order valence-corrected chi connectivity index (χ4v) is 2.58. The monoisotopic (exact) mass is 397 g/mol. The molecule has 0 atom stereocenters. The number of nitrogens with one attached hydrogen (secondary N) is 3. The van der Waals surface area contributed by atoms with Gasteiger partial charge in [0.15, 0.2) is 0 Å². The van der Waals surface area contributed by atoms with Gasteiger partial charge in [-0.1, -0.05) is 6.07 Å². The van der Waals surface area contributed by atoms with Crippen molar-refractivity contribution < 1.29 is 22.4 Å². The van der Waals surface area contributed by atoms with Gasteiger partial charge in [0, 0.05) is 30.5 Å². The molecule has 1 aliphatic rings. The predicted molar refractivity (Wildman–Crippen MR) is 95.9 cm³/mol. The van der Waals surface area contributed by atoms with Gasteiger partial charge in [0.05, 0.1) is 0 Å². The van der Waals surface area contributed by atoms with Crippen molar-refractivity contribution in [1.29, 1.82) is 0 Å². The summed E-state index contributed by atoms with van der Waals surface area (Å²) in [6, 6.07) is 5.88. The van der Waals surface area contributed by atoms with Crippen molar-refractivity contribution in [3.05, 3.63) is 41.8 Å². The van der Waals surface area contributed by atoms with E-state index < -0.39 is 12.1 Å². The first-order chi connectivity index (χ1) is 13.3. The van der Waals surface area contributed by atoms with Gasteiger partial charge in [-0.15, -0.1) is 0 Å². The summed E-state index contributed by atoms with van der Waals surface area (Å²) >= 11 is 0. The first kappa shape index (κ1) is 19.8. The minimum Gasteiger partial charge on any atom is -0.370 e. The zero-order chi connectivity index (χ0) is 20.1. The number of hydrogen-bond donors (Lipinski definition) is 3. The van der Waals surface area contributed by atoms with Crippen molar-refractivity contribution >= 4 is 23.4 Å². The lowest BCUT2D eigenvalue weighted by Crippen LogP contribution is -2.37. The molecular weight excluding hydrogens is 378 g/mol. The SMILES string of the molecule is O=C(NCCCNc1nc(Nc2cccc(F)c2)ncc1C1CC1)C(F)(F)F. The Morgan fingerprint density at radius 1 is 1.21 bits per heavy atom. The van der Waals surface area contributed by atoms with Gasteiger partial charge in [0.2, 0.25) is 5.95 Å². The van der Waals surface area contributed by atoms with Gasteiger partial charge in [-0.25, -0.2) is 9.37 Å². The number of rotatable bonds is 8. The Hall–Kier alpha value is -2.91. The van der Waals surface area contributed by atoms with Gasteiger partial charge < -0.3 is 16.0 Å². The van der Waals surface area contributed by atoms with E-state index in [0.29, 0.717) is 30.4 Å². The van der Waals surface area contributed by atoms with Gasteiger partial charge in [-0.3, -0.25) is 4.79 Å². The van der Waals surface area contributed by atoms with E-state index in [2.05, 4.69) is 20.6 Å². The standard InChI is InChI=1S/C18H19F4N5O/c19-12-3-1-4-13(9-12)26-17-25-10-14(11-5-6-11)15(27-17)23-7-2-8-24-16(28)18(20,21)22/h1,3-4,9-11H,2,5-8H2,(H,24,28)(H2,23,25,26,27). The van der Waals surface area contributed by atoms with Gasteiger partial charge >= 0.3 is 12.1 Å². The number of anilines is 3. The number of carbonyl (C=O) groups excluding carboxylic acids is 1. The van der Waals surface area contributed by atoms with E-state index in [9.17, 15) is 22.4 Å². The molecule has 1 aliphatic carbocycles. The zero-order valence-corrected chi connectivity index (χ0v) is 14.8. The highest BCUT2D eigenvalue weighted by molar-refractivity contribution is 5.81. The molecule has 6 nitrogen and oxygen atoms in total. The topological polar surface area (TPSA) is 78.9 Å². The molecule has 1 aromatic carbocycles. The second-order valence-corrected chi connectivity index (χ2v) is 6.44. The summed E-state index contributed by atoms with van der Waals surface area (Å²) in [6.07, 6.45) is -0.841. The number of aromatic nitrogens is 2. The lowest BCUT2D eigenvalue weighted by Gasteiger charge is -2.13. The molecule has 0 radical (unpaired) electrons. The lowest BCUT2D eigenvalue weighted by atomic mass is 10.2. The Morgan fingerprint density at radius 3 is 2.68 bits per heavy atom. The van der Waals surface area contributed by atoms with Crippen molar-refractivity contribution in [2.75, 3.05) is 23.7 Å². The van der Waals surface area contributed by atoms with Crippen LogP contribution in [0.3, 0.4) is 0 Å². The molecule has 1 saturated carbocycles. The summed E-state index contributed by atoms with van der Waals surface area (Å²) in [4.78, 5) is 19.4. The Kier molecular flexibility index (Phi) is 5.96. The molecule has 1 fully saturated rings. The number of alkyl halides is 3. The van der Waals surface area contributed by atoms with E-state index in [4.69, 9.17) is 0 Å². The maximum atomic E-state index is 13.3. The number of halogens is 4. The van der Waals surface area contributed by atoms with Gasteiger partial charge in [0.1, 0.15) is 11.6 Å². The van der Waals surface area contributed by atoms with Crippen molar-refractivity contribution in [3.63, 3.8) is 0 Å². The number of benzene rings is 1. The average Bonchev–Trinajstić information content (AvgIpc) is 3.45. The van der Waals surface area contributed by atoms with Crippen LogP contribution in [0, 0.1) is 5.82 Å². The van der Waals surface area contributed by atoms with E-state index in [1.807, 2.05) is 5.32 Å². The van der Waals surface area contributed by atoms with Crippen LogP contribution in [0.4, 0.5) is 35.0 Å². The zero-order valence-electron chi connectivity index (χ0n) is 14.8. The fourth-order valence-electron chi connectivity index (χ4n) is 2.58. The minimum atomic E-state index is -4.88. The maximum absolute atomic E-state index is 13.3. The van der Waals surface area contributed by atoms with E-state index >= 15 is 0 Å². The fraction of sp³-hybridized carbons (Fsp3) is 0.389. The largest absolute Gasteiger partial charge is 0.471 e. The molecule has 0 aliphatic heterocycles. The van der Waals surface area contributed by atoms with Crippen LogP contribution in [0.5, 0.6) is 0 Å². The molecule has 3 N–H and O–H groups in total. The molecule has 1 amide bonds. The average molecular weight is 397 g/mol. The van der Waals surface area contributed by atoms with Crippen molar-refractivity contribution in [3.8, 4) is 0 Å². The second kappa shape index (κ2) is 8.41. The van der Waals surface area contributed by atoms with E-state index in [1.54, 1.807) is 18.3 Å². The molecular formula is C18H19F4N5O. The Labute approximate surface area is 158 Å². The normalized spacial score (nSPS) is 13.9. The summed E-state index contributed by atoms with van der Waals surface area (Å²) in [6.45, 7) is 0.220. The Bertz CT molecular complexity index is 839. The van der Waals surface area contributed by atoms with Crippen LogP contribution in [-0.4, -0.2) is 35.1 Å². The predicted octanol–water partition coefficient (Wildman–Crippen LogP) is 3.72. The van der Waals surface area contributed by atoms with Crippen LogP contribution < -0.4 is 16.0 Å². The Balaban J connectivity index is 1.58. The van der Waals surface area contributed by atoms with Crippen LogP contribution in [0.2, 0.25) is 0 Å². The maximum Gasteiger partial charge on any atom is 0.471 e. The smallest absolute Gasteiger partial charge is 0.370 e. The summed E-state index contributed by atoms with van der Waals surface area (Å²) in [5.41, 5.74) is 1.43. The van der Waals surface area contributed by atoms with E-state index in [0.717, 1.165) is 18.4 Å². The van der Waals surface area contributed by atoms with Crippen LogP contribution >= 0.6 is 0 Å². The molecule has 0 spiro atoms. The van der Waals surface area contributed by atoms with Crippen LogP contribution in [0.25, 0.3) is 0 Å². The van der Waals surface area contributed by atoms with Gasteiger partial charge in [0.25, 0.3) is 0 Å². The van der Waals surface area contributed by atoms with Crippen molar-refractivity contribution in [2.45, 2.75) is 31.4 Å².